The highest BCUT2D eigenvalue weighted by Gasteiger charge is 2.47. The minimum absolute atomic E-state index is 0.0491. The first-order valence-corrected chi connectivity index (χ1v) is 9.35. The number of carbonyl (C=O) groups is 2. The number of rotatable bonds is 4. The first-order valence-electron chi connectivity index (χ1n) is 8.97. The van der Waals surface area contributed by atoms with E-state index < -0.39 is 6.04 Å². The van der Waals surface area contributed by atoms with Gasteiger partial charge in [-0.1, -0.05) is 29.8 Å². The molecule has 6 nitrogen and oxygen atoms in total. The number of aromatic nitrogens is 2. The van der Waals surface area contributed by atoms with Gasteiger partial charge in [0, 0.05) is 16.8 Å². The third-order valence-electron chi connectivity index (χ3n) is 5.03. The Morgan fingerprint density at radius 3 is 2.78 bits per heavy atom. The zero-order chi connectivity index (χ0) is 18.5. The molecule has 0 saturated heterocycles. The summed E-state index contributed by atoms with van der Waals surface area (Å²) >= 11 is 5.98. The second kappa shape index (κ2) is 6.09. The second-order valence-electron chi connectivity index (χ2n) is 6.99. The first kappa shape index (κ1) is 16.3. The van der Waals surface area contributed by atoms with Crippen LogP contribution in [0.3, 0.4) is 0 Å². The number of amides is 2. The third kappa shape index (κ3) is 2.77. The van der Waals surface area contributed by atoms with Gasteiger partial charge in [0.05, 0.1) is 17.5 Å². The lowest BCUT2D eigenvalue weighted by molar-refractivity contribution is -0.124. The monoisotopic (exact) mass is 380 g/mol. The molecule has 1 aromatic heterocycles. The van der Waals surface area contributed by atoms with E-state index >= 15 is 0 Å². The Kier molecular flexibility index (Phi) is 3.68. The van der Waals surface area contributed by atoms with Crippen molar-refractivity contribution in [2.24, 2.45) is 0 Å². The molecule has 136 valence electrons. The lowest BCUT2D eigenvalue weighted by Crippen LogP contribution is -2.33. The van der Waals surface area contributed by atoms with Gasteiger partial charge in [0.15, 0.2) is 0 Å². The summed E-state index contributed by atoms with van der Waals surface area (Å²) in [6, 6.07) is 14.3. The topological polar surface area (TPSA) is 67.2 Å². The molecule has 2 aromatic carbocycles. The van der Waals surface area contributed by atoms with Crippen LogP contribution in [0.15, 0.2) is 48.5 Å². The van der Waals surface area contributed by atoms with E-state index in [-0.39, 0.29) is 24.3 Å². The van der Waals surface area contributed by atoms with Gasteiger partial charge in [0.2, 0.25) is 11.9 Å². The average Bonchev–Trinajstić information content (AvgIpc) is 3.34. The maximum atomic E-state index is 13.1. The van der Waals surface area contributed by atoms with Gasteiger partial charge in [-0.25, -0.2) is 4.98 Å². The van der Waals surface area contributed by atoms with Crippen LogP contribution in [0.4, 0.5) is 11.6 Å². The fraction of sp³-hybridized carbons (Fsp3) is 0.250. The summed E-state index contributed by atoms with van der Waals surface area (Å²) < 4.78 is 1.91. The third-order valence-corrected chi connectivity index (χ3v) is 5.26. The number of hydrogen-bond donors (Lipinski definition) is 1. The number of carbonyl (C=O) groups excluding carboxylic acids is 2. The molecule has 0 radical (unpaired) electrons. The molecule has 2 heterocycles. The number of benzene rings is 2. The van der Waals surface area contributed by atoms with Crippen LogP contribution >= 0.6 is 11.6 Å². The Balaban J connectivity index is 1.47. The van der Waals surface area contributed by atoms with Crippen LogP contribution in [-0.4, -0.2) is 27.4 Å². The van der Waals surface area contributed by atoms with E-state index in [2.05, 4.69) is 10.3 Å². The van der Waals surface area contributed by atoms with Crippen molar-refractivity contribution < 1.29 is 9.59 Å². The average molecular weight is 381 g/mol. The summed E-state index contributed by atoms with van der Waals surface area (Å²) in [5.74, 6) is 0.383. The Bertz CT molecular complexity index is 1070. The van der Waals surface area contributed by atoms with Crippen LogP contribution in [0.1, 0.15) is 25.3 Å². The highest BCUT2D eigenvalue weighted by molar-refractivity contribution is 6.30. The minimum atomic E-state index is -0.577. The summed E-state index contributed by atoms with van der Waals surface area (Å²) in [5.41, 5.74) is 2.34. The fourth-order valence-corrected chi connectivity index (χ4v) is 3.88. The molecule has 1 aliphatic carbocycles. The maximum Gasteiger partial charge on any atom is 0.253 e. The predicted octanol–water partition coefficient (Wildman–Crippen LogP) is 3.77. The quantitative estimate of drug-likeness (QED) is 0.749. The lowest BCUT2D eigenvalue weighted by atomic mass is 10.1. The SMILES string of the molecule is O=C(C[C@H]1C(=O)N(C2CC2)c2nc3ccccc3n21)Nc1cccc(Cl)c1. The molecule has 5 rings (SSSR count). The van der Waals surface area contributed by atoms with E-state index in [1.807, 2.05) is 28.8 Å². The van der Waals surface area contributed by atoms with Crippen LogP contribution in [0.5, 0.6) is 0 Å². The zero-order valence-electron chi connectivity index (χ0n) is 14.4. The summed E-state index contributed by atoms with van der Waals surface area (Å²) in [4.78, 5) is 32.1. The normalized spacial score (nSPS) is 18.8. The molecular formula is C20H17ClN4O2. The Morgan fingerprint density at radius 1 is 1.19 bits per heavy atom. The van der Waals surface area contributed by atoms with E-state index in [9.17, 15) is 9.59 Å². The molecule has 0 unspecified atom stereocenters. The van der Waals surface area contributed by atoms with Crippen LogP contribution in [0, 0.1) is 0 Å². The Morgan fingerprint density at radius 2 is 2.00 bits per heavy atom. The molecule has 1 aliphatic heterocycles. The number of anilines is 2. The first-order chi connectivity index (χ1) is 13.1. The number of fused-ring (bicyclic) bond motifs is 3. The highest BCUT2D eigenvalue weighted by atomic mass is 35.5. The molecule has 2 aliphatic rings. The summed E-state index contributed by atoms with van der Waals surface area (Å²) in [6.45, 7) is 0. The van der Waals surface area contributed by atoms with Crippen molar-refractivity contribution in [3.8, 4) is 0 Å². The predicted molar refractivity (Wildman–Crippen MR) is 104 cm³/mol. The van der Waals surface area contributed by atoms with Gasteiger partial charge in [-0.3, -0.25) is 19.1 Å². The van der Waals surface area contributed by atoms with Gasteiger partial charge in [-0.05, 0) is 43.2 Å². The van der Waals surface area contributed by atoms with Gasteiger partial charge < -0.3 is 5.32 Å². The molecule has 0 bridgehead atoms. The van der Waals surface area contributed by atoms with Gasteiger partial charge >= 0.3 is 0 Å². The summed E-state index contributed by atoms with van der Waals surface area (Å²) in [6.07, 6.45) is 2.02. The van der Waals surface area contributed by atoms with Crippen molar-refractivity contribution in [3.05, 3.63) is 53.6 Å². The molecule has 0 spiro atoms. The van der Waals surface area contributed by atoms with Crippen molar-refractivity contribution in [1.82, 2.24) is 9.55 Å². The molecule has 1 saturated carbocycles. The molecule has 1 atom stereocenters. The fourth-order valence-electron chi connectivity index (χ4n) is 3.69. The zero-order valence-corrected chi connectivity index (χ0v) is 15.2. The van der Waals surface area contributed by atoms with E-state index in [1.54, 1.807) is 29.2 Å². The molecule has 1 N–H and O–H groups in total. The highest BCUT2D eigenvalue weighted by Crippen LogP contribution is 2.42. The Labute approximate surface area is 160 Å². The minimum Gasteiger partial charge on any atom is -0.326 e. The summed E-state index contributed by atoms with van der Waals surface area (Å²) in [7, 11) is 0. The van der Waals surface area contributed by atoms with Gasteiger partial charge in [-0.15, -0.1) is 0 Å². The lowest BCUT2D eigenvalue weighted by Gasteiger charge is -2.15. The molecule has 3 aromatic rings. The molecule has 2 amide bonds. The van der Waals surface area contributed by atoms with Crippen LogP contribution in [-0.2, 0) is 9.59 Å². The number of halogens is 1. The van der Waals surface area contributed by atoms with Crippen molar-refractivity contribution in [2.45, 2.75) is 31.3 Å². The van der Waals surface area contributed by atoms with E-state index in [1.165, 1.54) is 0 Å². The number of hydrogen-bond acceptors (Lipinski definition) is 3. The second-order valence-corrected chi connectivity index (χ2v) is 7.42. The number of imidazole rings is 1. The van der Waals surface area contributed by atoms with Crippen molar-refractivity contribution in [3.63, 3.8) is 0 Å². The van der Waals surface area contributed by atoms with Gasteiger partial charge in [0.25, 0.3) is 5.91 Å². The van der Waals surface area contributed by atoms with E-state index in [0.29, 0.717) is 16.7 Å². The van der Waals surface area contributed by atoms with Crippen LogP contribution in [0.25, 0.3) is 11.0 Å². The van der Waals surface area contributed by atoms with E-state index in [0.717, 1.165) is 23.9 Å². The molecular weight excluding hydrogens is 364 g/mol. The smallest absolute Gasteiger partial charge is 0.253 e. The van der Waals surface area contributed by atoms with Crippen LogP contribution < -0.4 is 10.2 Å². The number of para-hydroxylation sites is 2. The largest absolute Gasteiger partial charge is 0.326 e. The molecule has 7 heteroatoms. The summed E-state index contributed by atoms with van der Waals surface area (Å²) in [5, 5.41) is 3.38. The van der Waals surface area contributed by atoms with Crippen molar-refractivity contribution >= 4 is 46.1 Å². The number of nitrogens with one attached hydrogen (secondary N) is 1. The van der Waals surface area contributed by atoms with Crippen LogP contribution in [0.2, 0.25) is 5.02 Å². The molecule has 27 heavy (non-hydrogen) atoms. The van der Waals surface area contributed by atoms with Gasteiger partial charge in [-0.2, -0.15) is 0 Å². The van der Waals surface area contributed by atoms with Gasteiger partial charge in [0.1, 0.15) is 6.04 Å². The maximum absolute atomic E-state index is 13.1. The van der Waals surface area contributed by atoms with E-state index in [4.69, 9.17) is 11.6 Å². The standard InChI is InChI=1S/C20H17ClN4O2/c21-12-4-3-5-13(10-12)22-18(26)11-17-19(27)24(14-8-9-14)20-23-15-6-1-2-7-16(15)25(17)20/h1-7,10,14,17H,8-9,11H2,(H,22,26)/t17-/m0/s1. The number of nitrogens with zero attached hydrogens (tertiary/aromatic N) is 3. The molecule has 1 fully saturated rings. The van der Waals surface area contributed by atoms with Crippen molar-refractivity contribution in [1.29, 1.82) is 0 Å². The van der Waals surface area contributed by atoms with Crippen molar-refractivity contribution in [2.75, 3.05) is 10.2 Å². The Hall–Kier alpha value is -2.86.